The number of hydrogen-bond donors (Lipinski definition) is 1. The molecule has 0 aromatic heterocycles. The second kappa shape index (κ2) is 7.67. The van der Waals surface area contributed by atoms with E-state index in [1.165, 1.54) is 36.1 Å². The highest BCUT2D eigenvalue weighted by Gasteiger charge is 2.21. The van der Waals surface area contributed by atoms with Gasteiger partial charge in [0, 0.05) is 11.6 Å². The van der Waals surface area contributed by atoms with Crippen LogP contribution in [0.4, 0.5) is 4.39 Å². The predicted molar refractivity (Wildman–Crippen MR) is 98.3 cm³/mol. The summed E-state index contributed by atoms with van der Waals surface area (Å²) in [6.07, 6.45) is 5.22. The lowest BCUT2D eigenvalue weighted by Gasteiger charge is -2.21. The van der Waals surface area contributed by atoms with Gasteiger partial charge in [-0.2, -0.15) is 0 Å². The summed E-state index contributed by atoms with van der Waals surface area (Å²) in [6, 6.07) is 12.0. The minimum absolute atomic E-state index is 0.190. The molecule has 2 aromatic carbocycles. The van der Waals surface area contributed by atoms with Crippen molar-refractivity contribution < 1.29 is 12.8 Å². The van der Waals surface area contributed by atoms with Gasteiger partial charge in [-0.25, -0.2) is 17.5 Å². The van der Waals surface area contributed by atoms with E-state index < -0.39 is 15.8 Å². The number of halogens is 1. The highest BCUT2D eigenvalue weighted by molar-refractivity contribution is 7.88. The van der Waals surface area contributed by atoms with Crippen molar-refractivity contribution in [1.29, 1.82) is 0 Å². The fraction of sp³-hybridized carbons (Fsp3) is 0.400. The van der Waals surface area contributed by atoms with E-state index in [4.69, 9.17) is 0 Å². The highest BCUT2D eigenvalue weighted by Crippen LogP contribution is 2.26. The molecule has 5 heteroatoms. The number of rotatable bonds is 6. The predicted octanol–water partition coefficient (Wildman–Crippen LogP) is 4.28. The molecule has 0 radical (unpaired) electrons. The number of aryl methyl sites for hydroxylation is 2. The maximum absolute atomic E-state index is 13.8. The third kappa shape index (κ3) is 4.47. The minimum atomic E-state index is -3.63. The molecule has 1 aliphatic rings. The molecule has 25 heavy (non-hydrogen) atoms. The molecule has 0 heterocycles. The van der Waals surface area contributed by atoms with Gasteiger partial charge in [0.2, 0.25) is 10.0 Å². The van der Waals surface area contributed by atoms with Crippen LogP contribution in [0.15, 0.2) is 42.5 Å². The normalized spacial score (nSPS) is 15.6. The lowest BCUT2D eigenvalue weighted by Crippen LogP contribution is -2.30. The van der Waals surface area contributed by atoms with Crippen LogP contribution in [0.2, 0.25) is 0 Å². The molecule has 0 amide bonds. The molecule has 0 fully saturated rings. The third-order valence-corrected chi connectivity index (χ3v) is 6.14. The van der Waals surface area contributed by atoms with Gasteiger partial charge >= 0.3 is 0 Å². The van der Waals surface area contributed by atoms with E-state index in [9.17, 15) is 12.8 Å². The van der Waals surface area contributed by atoms with Crippen molar-refractivity contribution >= 4 is 10.0 Å². The molecule has 1 unspecified atom stereocenters. The van der Waals surface area contributed by atoms with Crippen LogP contribution in [0.3, 0.4) is 0 Å². The van der Waals surface area contributed by atoms with Crippen molar-refractivity contribution in [3.05, 3.63) is 70.5 Å². The molecular formula is C20H24FNO2S. The molecule has 0 saturated heterocycles. The average molecular weight is 361 g/mol. The van der Waals surface area contributed by atoms with Gasteiger partial charge in [-0.05, 0) is 54.9 Å². The second-order valence-electron chi connectivity index (χ2n) is 6.66. The van der Waals surface area contributed by atoms with Gasteiger partial charge in [-0.1, -0.05) is 43.3 Å². The molecule has 2 aromatic rings. The molecule has 3 nitrogen and oxygen atoms in total. The van der Waals surface area contributed by atoms with Crippen molar-refractivity contribution in [2.75, 3.05) is 0 Å². The lowest BCUT2D eigenvalue weighted by molar-refractivity contribution is 0.545. The van der Waals surface area contributed by atoms with Crippen molar-refractivity contribution in [2.24, 2.45) is 0 Å². The maximum atomic E-state index is 13.8. The average Bonchev–Trinajstić information content (AvgIpc) is 2.61. The summed E-state index contributed by atoms with van der Waals surface area (Å²) in [4.78, 5) is 0. The van der Waals surface area contributed by atoms with Crippen LogP contribution in [0.25, 0.3) is 0 Å². The first-order valence-electron chi connectivity index (χ1n) is 8.83. The van der Waals surface area contributed by atoms with Crippen LogP contribution >= 0.6 is 0 Å². The van der Waals surface area contributed by atoms with E-state index in [1.54, 1.807) is 12.1 Å². The summed E-state index contributed by atoms with van der Waals surface area (Å²) in [5, 5.41) is 0. The molecule has 1 aliphatic carbocycles. The zero-order chi connectivity index (χ0) is 17.9. The molecule has 0 spiro atoms. The van der Waals surface area contributed by atoms with Crippen LogP contribution in [-0.2, 0) is 28.6 Å². The Morgan fingerprint density at radius 3 is 2.52 bits per heavy atom. The SMILES string of the molecule is CCC(NS(=O)(=O)Cc1ccccc1F)c1ccc2c(c1)CCCC2. The van der Waals surface area contributed by atoms with Crippen LogP contribution in [0.5, 0.6) is 0 Å². The van der Waals surface area contributed by atoms with Gasteiger partial charge in [0.1, 0.15) is 5.82 Å². The van der Waals surface area contributed by atoms with E-state index in [0.717, 1.165) is 18.4 Å². The highest BCUT2D eigenvalue weighted by atomic mass is 32.2. The van der Waals surface area contributed by atoms with Gasteiger partial charge in [0.25, 0.3) is 0 Å². The Morgan fingerprint density at radius 1 is 1.08 bits per heavy atom. The Morgan fingerprint density at radius 2 is 1.80 bits per heavy atom. The largest absolute Gasteiger partial charge is 0.216 e. The van der Waals surface area contributed by atoms with Gasteiger partial charge in [-0.3, -0.25) is 0 Å². The van der Waals surface area contributed by atoms with Crippen LogP contribution in [0, 0.1) is 5.82 Å². The summed E-state index contributed by atoms with van der Waals surface area (Å²) in [7, 11) is -3.63. The molecule has 1 N–H and O–H groups in total. The first-order valence-corrected chi connectivity index (χ1v) is 10.5. The quantitative estimate of drug-likeness (QED) is 0.835. The van der Waals surface area contributed by atoms with Gasteiger partial charge in [-0.15, -0.1) is 0 Å². The zero-order valence-corrected chi connectivity index (χ0v) is 15.3. The standard InChI is InChI=1S/C20H24FNO2S/c1-2-20(17-12-11-15-7-3-4-8-16(15)13-17)22-25(23,24)14-18-9-5-6-10-19(18)21/h5-6,9-13,20,22H,2-4,7-8,14H2,1H3. The smallest absolute Gasteiger partial charge is 0.212 e. The summed E-state index contributed by atoms with van der Waals surface area (Å²) in [5.41, 5.74) is 3.88. The molecule has 0 saturated carbocycles. The molecule has 0 aliphatic heterocycles. The number of sulfonamides is 1. The Kier molecular flexibility index (Phi) is 5.54. The topological polar surface area (TPSA) is 46.2 Å². The minimum Gasteiger partial charge on any atom is -0.212 e. The molecule has 1 atom stereocenters. The molecule has 0 bridgehead atoms. The summed E-state index contributed by atoms with van der Waals surface area (Å²) < 4.78 is 41.5. The van der Waals surface area contributed by atoms with Gasteiger partial charge < -0.3 is 0 Å². The lowest BCUT2D eigenvalue weighted by atomic mass is 9.89. The third-order valence-electron chi connectivity index (χ3n) is 4.81. The first-order chi connectivity index (χ1) is 12.0. The van der Waals surface area contributed by atoms with Crippen molar-refractivity contribution in [3.8, 4) is 0 Å². The maximum Gasteiger partial charge on any atom is 0.216 e. The van der Waals surface area contributed by atoms with E-state index in [1.807, 2.05) is 13.0 Å². The number of nitrogens with one attached hydrogen (secondary N) is 1. The number of hydrogen-bond acceptors (Lipinski definition) is 2. The second-order valence-corrected chi connectivity index (χ2v) is 8.42. The van der Waals surface area contributed by atoms with Crippen molar-refractivity contribution in [2.45, 2.75) is 50.8 Å². The molecular weight excluding hydrogens is 337 g/mol. The Bertz CT molecular complexity index is 849. The zero-order valence-electron chi connectivity index (χ0n) is 14.5. The monoisotopic (exact) mass is 361 g/mol. The van der Waals surface area contributed by atoms with E-state index in [0.29, 0.717) is 6.42 Å². The van der Waals surface area contributed by atoms with E-state index >= 15 is 0 Å². The van der Waals surface area contributed by atoms with Crippen LogP contribution < -0.4 is 4.72 Å². The number of benzene rings is 2. The molecule has 134 valence electrons. The van der Waals surface area contributed by atoms with Crippen molar-refractivity contribution in [1.82, 2.24) is 4.72 Å². The van der Waals surface area contributed by atoms with Crippen LogP contribution in [0.1, 0.15) is 54.5 Å². The summed E-state index contributed by atoms with van der Waals surface area (Å²) in [6.45, 7) is 1.95. The fourth-order valence-corrected chi connectivity index (χ4v) is 4.90. The Balaban J connectivity index is 1.78. The van der Waals surface area contributed by atoms with Crippen LogP contribution in [-0.4, -0.2) is 8.42 Å². The fourth-order valence-electron chi connectivity index (χ4n) is 3.44. The number of fused-ring (bicyclic) bond motifs is 1. The van der Waals surface area contributed by atoms with Gasteiger partial charge in [0.15, 0.2) is 0 Å². The van der Waals surface area contributed by atoms with Crippen molar-refractivity contribution in [3.63, 3.8) is 0 Å². The summed E-state index contributed by atoms with van der Waals surface area (Å²) in [5.74, 6) is -0.837. The van der Waals surface area contributed by atoms with E-state index in [-0.39, 0.29) is 17.4 Å². The van der Waals surface area contributed by atoms with Gasteiger partial charge in [0.05, 0.1) is 5.75 Å². The first kappa shape index (κ1) is 18.1. The summed E-state index contributed by atoms with van der Waals surface area (Å²) >= 11 is 0. The Hall–Kier alpha value is -1.72. The molecule has 3 rings (SSSR count). The Labute approximate surface area is 149 Å². The van der Waals surface area contributed by atoms with E-state index in [2.05, 4.69) is 16.9 Å².